The van der Waals surface area contributed by atoms with E-state index >= 15 is 0 Å². The number of aromatic nitrogens is 1. The fraction of sp³-hybridized carbons (Fsp3) is 0.190. The molecule has 3 aromatic rings. The van der Waals surface area contributed by atoms with E-state index in [0.717, 1.165) is 14.0 Å². The van der Waals surface area contributed by atoms with E-state index in [2.05, 4.69) is 27.6 Å². The van der Waals surface area contributed by atoms with Crippen LogP contribution in [-0.4, -0.2) is 17.1 Å². The first-order valence-corrected chi connectivity index (χ1v) is 11.8. The topological polar surface area (TPSA) is 60.7 Å². The largest absolute Gasteiger partial charge is 0.463 e. The first kappa shape index (κ1) is 20.2. The molecule has 3 heterocycles. The maximum atomic E-state index is 13.3. The summed E-state index contributed by atoms with van der Waals surface area (Å²) in [5.41, 5.74) is 1.80. The van der Waals surface area contributed by atoms with E-state index in [1.807, 2.05) is 47.9 Å². The van der Waals surface area contributed by atoms with E-state index < -0.39 is 12.0 Å². The van der Waals surface area contributed by atoms with Crippen LogP contribution in [0.5, 0.6) is 0 Å². The molecule has 0 aliphatic carbocycles. The second-order valence-electron chi connectivity index (χ2n) is 6.37. The Morgan fingerprint density at radius 3 is 2.72 bits per heavy atom. The van der Waals surface area contributed by atoms with Crippen LogP contribution in [0.2, 0.25) is 0 Å². The predicted octanol–water partition coefficient (Wildman–Crippen LogP) is 3.46. The average Bonchev–Trinajstić information content (AvgIpc) is 3.32. The van der Waals surface area contributed by atoms with Gasteiger partial charge < -0.3 is 4.74 Å². The van der Waals surface area contributed by atoms with Crippen LogP contribution < -0.4 is 14.9 Å². The van der Waals surface area contributed by atoms with Gasteiger partial charge in [-0.1, -0.05) is 29.5 Å². The maximum Gasteiger partial charge on any atom is 0.338 e. The number of hydrogen-bond acceptors (Lipinski definition) is 6. The number of carbonyl (C=O) groups is 1. The number of ether oxygens (including phenoxy) is 1. The summed E-state index contributed by atoms with van der Waals surface area (Å²) in [5, 5.41) is 1.94. The summed E-state index contributed by atoms with van der Waals surface area (Å²) < 4.78 is 8.62. The van der Waals surface area contributed by atoms with Crippen molar-refractivity contribution in [3.63, 3.8) is 0 Å². The molecular formula is C21H17IN2O3S2. The highest BCUT2D eigenvalue weighted by Gasteiger charge is 2.33. The summed E-state index contributed by atoms with van der Waals surface area (Å²) in [6, 6.07) is 11.3. The van der Waals surface area contributed by atoms with Gasteiger partial charge in [0.15, 0.2) is 4.80 Å². The highest BCUT2D eigenvalue weighted by molar-refractivity contribution is 14.1. The standard InChI is InChI=1S/C21H17IN2O3S2/c1-3-27-20(26)17-12(2)23-21-24(18(17)15-5-4-10-28-15)19(25)16(29-21)11-13-6-8-14(22)9-7-13/h4-11,18H,3H2,1-2H3/b16-11-. The fourth-order valence-corrected chi connectivity index (χ4v) is 5.45. The number of thiazole rings is 1. The van der Waals surface area contributed by atoms with Gasteiger partial charge in [0.25, 0.3) is 5.56 Å². The molecule has 8 heteroatoms. The molecule has 0 fully saturated rings. The minimum Gasteiger partial charge on any atom is -0.463 e. The first-order chi connectivity index (χ1) is 14.0. The van der Waals surface area contributed by atoms with Gasteiger partial charge in [-0.05, 0) is 71.7 Å². The average molecular weight is 536 g/mol. The number of hydrogen-bond donors (Lipinski definition) is 0. The van der Waals surface area contributed by atoms with Gasteiger partial charge in [0.1, 0.15) is 6.04 Å². The van der Waals surface area contributed by atoms with Gasteiger partial charge in [0.05, 0.1) is 22.4 Å². The number of nitrogens with zero attached hydrogens (tertiary/aromatic N) is 2. The van der Waals surface area contributed by atoms with E-state index in [-0.39, 0.29) is 12.2 Å². The molecule has 0 spiro atoms. The summed E-state index contributed by atoms with van der Waals surface area (Å²) in [6.07, 6.45) is 1.87. The normalized spacial score (nSPS) is 16.5. The molecule has 0 radical (unpaired) electrons. The van der Waals surface area contributed by atoms with Crippen molar-refractivity contribution in [3.8, 4) is 0 Å². The predicted molar refractivity (Wildman–Crippen MR) is 124 cm³/mol. The third-order valence-corrected chi connectivity index (χ3v) is 7.12. The highest BCUT2D eigenvalue weighted by atomic mass is 127. The molecule has 0 bridgehead atoms. The zero-order chi connectivity index (χ0) is 20.5. The van der Waals surface area contributed by atoms with Crippen LogP contribution in [0.15, 0.2) is 62.8 Å². The van der Waals surface area contributed by atoms with Crippen LogP contribution in [0.4, 0.5) is 0 Å². The van der Waals surface area contributed by atoms with Crippen molar-refractivity contribution in [3.05, 3.63) is 86.7 Å². The summed E-state index contributed by atoms with van der Waals surface area (Å²) in [5.74, 6) is -0.431. The molecule has 1 unspecified atom stereocenters. The van der Waals surface area contributed by atoms with Crippen molar-refractivity contribution in [1.29, 1.82) is 0 Å². The second kappa shape index (κ2) is 8.37. The number of allylic oxidation sites excluding steroid dienone is 1. The molecule has 1 atom stereocenters. The Hall–Kier alpha value is -2.04. The number of halogens is 1. The summed E-state index contributed by atoms with van der Waals surface area (Å²) in [4.78, 5) is 32.1. The maximum absolute atomic E-state index is 13.3. The molecule has 4 rings (SSSR count). The van der Waals surface area contributed by atoms with Crippen molar-refractivity contribution in [2.24, 2.45) is 4.99 Å². The molecule has 0 saturated carbocycles. The Morgan fingerprint density at radius 1 is 1.31 bits per heavy atom. The van der Waals surface area contributed by atoms with Crippen LogP contribution in [0.3, 0.4) is 0 Å². The minimum absolute atomic E-state index is 0.153. The highest BCUT2D eigenvalue weighted by Crippen LogP contribution is 2.33. The van der Waals surface area contributed by atoms with E-state index in [0.29, 0.717) is 20.6 Å². The Labute approximate surface area is 188 Å². The molecule has 0 amide bonds. The number of rotatable bonds is 4. The zero-order valence-corrected chi connectivity index (χ0v) is 19.5. The van der Waals surface area contributed by atoms with Gasteiger partial charge in [0, 0.05) is 8.45 Å². The summed E-state index contributed by atoms with van der Waals surface area (Å²) >= 11 is 5.09. The lowest BCUT2D eigenvalue weighted by atomic mass is 10.0. The van der Waals surface area contributed by atoms with E-state index in [9.17, 15) is 9.59 Å². The minimum atomic E-state index is -0.524. The van der Waals surface area contributed by atoms with Crippen LogP contribution in [0, 0.1) is 3.57 Å². The van der Waals surface area contributed by atoms with Crippen LogP contribution in [-0.2, 0) is 9.53 Å². The summed E-state index contributed by atoms with van der Waals surface area (Å²) in [7, 11) is 0. The third-order valence-electron chi connectivity index (χ3n) is 4.50. The van der Waals surface area contributed by atoms with Gasteiger partial charge >= 0.3 is 5.97 Å². The molecule has 148 valence electrons. The number of carbonyl (C=O) groups excluding carboxylic acids is 1. The van der Waals surface area contributed by atoms with Gasteiger partial charge in [-0.3, -0.25) is 9.36 Å². The Bertz CT molecular complexity index is 1270. The molecule has 1 aliphatic heterocycles. The second-order valence-corrected chi connectivity index (χ2v) is 9.60. The number of fused-ring (bicyclic) bond motifs is 1. The van der Waals surface area contributed by atoms with Gasteiger partial charge in [-0.15, -0.1) is 11.3 Å². The summed E-state index contributed by atoms with van der Waals surface area (Å²) in [6.45, 7) is 3.83. The Morgan fingerprint density at radius 2 is 2.07 bits per heavy atom. The van der Waals surface area contributed by atoms with Crippen LogP contribution >= 0.6 is 45.3 Å². The molecular weight excluding hydrogens is 519 g/mol. The van der Waals surface area contributed by atoms with Crippen molar-refractivity contribution in [1.82, 2.24) is 4.57 Å². The molecule has 0 saturated heterocycles. The van der Waals surface area contributed by atoms with E-state index in [1.165, 1.54) is 22.7 Å². The van der Waals surface area contributed by atoms with Gasteiger partial charge in [0.2, 0.25) is 0 Å². The fourth-order valence-electron chi connectivity index (χ4n) is 3.22. The molecule has 2 aromatic heterocycles. The third kappa shape index (κ3) is 3.88. The molecule has 1 aliphatic rings. The molecule has 29 heavy (non-hydrogen) atoms. The van der Waals surface area contributed by atoms with E-state index in [4.69, 9.17) is 4.74 Å². The lowest BCUT2D eigenvalue weighted by molar-refractivity contribution is -0.139. The first-order valence-electron chi connectivity index (χ1n) is 8.98. The number of thiophene rings is 1. The quantitative estimate of drug-likeness (QED) is 0.379. The smallest absolute Gasteiger partial charge is 0.338 e. The molecule has 0 N–H and O–H groups in total. The van der Waals surface area contributed by atoms with Crippen LogP contribution in [0.1, 0.15) is 30.3 Å². The van der Waals surface area contributed by atoms with Crippen molar-refractivity contribution >= 4 is 57.3 Å². The number of benzene rings is 1. The lowest BCUT2D eigenvalue weighted by Gasteiger charge is -2.23. The van der Waals surface area contributed by atoms with E-state index in [1.54, 1.807) is 18.4 Å². The van der Waals surface area contributed by atoms with Crippen molar-refractivity contribution < 1.29 is 9.53 Å². The Balaban J connectivity index is 1.93. The van der Waals surface area contributed by atoms with Gasteiger partial charge in [-0.2, -0.15) is 0 Å². The van der Waals surface area contributed by atoms with Crippen molar-refractivity contribution in [2.75, 3.05) is 6.61 Å². The zero-order valence-electron chi connectivity index (χ0n) is 15.7. The molecule has 5 nitrogen and oxygen atoms in total. The lowest BCUT2D eigenvalue weighted by Crippen LogP contribution is -2.39. The van der Waals surface area contributed by atoms with Gasteiger partial charge in [-0.25, -0.2) is 9.79 Å². The number of esters is 1. The van der Waals surface area contributed by atoms with Crippen LogP contribution in [0.25, 0.3) is 6.08 Å². The SMILES string of the molecule is CCOC(=O)C1=C(C)N=c2s/c(=C\c3ccc(I)cc3)c(=O)n2C1c1cccs1. The molecule has 1 aromatic carbocycles. The Kier molecular flexibility index (Phi) is 5.84. The van der Waals surface area contributed by atoms with Crippen molar-refractivity contribution in [2.45, 2.75) is 19.9 Å². The monoisotopic (exact) mass is 536 g/mol.